The molecule has 0 aliphatic heterocycles. The monoisotopic (exact) mass is 481 g/mol. The van der Waals surface area contributed by atoms with E-state index in [1.54, 1.807) is 34.9 Å². The van der Waals surface area contributed by atoms with Gasteiger partial charge in [0.25, 0.3) is 0 Å². The molecule has 0 spiro atoms. The number of amides is 2. The minimum Gasteiger partial charge on any atom is -0.334 e. The number of aromatic nitrogens is 3. The molecule has 10 heteroatoms. The summed E-state index contributed by atoms with van der Waals surface area (Å²) in [5, 5.41) is 15.7. The molecule has 0 fully saturated rings. The van der Waals surface area contributed by atoms with E-state index in [0.29, 0.717) is 32.5 Å². The Morgan fingerprint density at radius 1 is 1.13 bits per heavy atom. The molecule has 0 aliphatic carbocycles. The van der Waals surface area contributed by atoms with Crippen molar-refractivity contribution >= 4 is 41.0 Å². The van der Waals surface area contributed by atoms with Crippen LogP contribution in [-0.4, -0.2) is 26.3 Å². The van der Waals surface area contributed by atoms with Crippen LogP contribution in [0.3, 0.4) is 0 Å². The van der Waals surface area contributed by atoms with E-state index in [1.165, 1.54) is 23.9 Å². The third-order valence-electron chi connectivity index (χ3n) is 4.03. The predicted octanol–water partition coefficient (Wildman–Crippen LogP) is 5.60. The Balaban J connectivity index is 1.86. The summed E-state index contributed by atoms with van der Waals surface area (Å²) >= 11 is 13.9. The average molecular weight is 482 g/mol. The van der Waals surface area contributed by atoms with Crippen molar-refractivity contribution in [2.45, 2.75) is 43.8 Å². The van der Waals surface area contributed by atoms with E-state index in [2.05, 4.69) is 20.8 Å². The van der Waals surface area contributed by atoms with Crippen molar-refractivity contribution in [1.82, 2.24) is 25.4 Å². The topological polar surface area (TPSA) is 71.8 Å². The van der Waals surface area contributed by atoms with Crippen LogP contribution in [0.5, 0.6) is 0 Å². The molecule has 0 bridgehead atoms. The highest BCUT2D eigenvalue weighted by atomic mass is 35.5. The van der Waals surface area contributed by atoms with Crippen molar-refractivity contribution in [3.63, 3.8) is 0 Å². The van der Waals surface area contributed by atoms with Gasteiger partial charge in [-0.1, -0.05) is 47.1 Å². The first-order valence-corrected chi connectivity index (χ1v) is 11.2. The summed E-state index contributed by atoms with van der Waals surface area (Å²) in [6, 6.07) is 11.1. The highest BCUT2D eigenvalue weighted by Crippen LogP contribution is 2.30. The van der Waals surface area contributed by atoms with Gasteiger partial charge >= 0.3 is 6.03 Å². The molecule has 2 N–H and O–H groups in total. The number of hydrogen-bond donors (Lipinski definition) is 2. The molecule has 2 aromatic carbocycles. The fraction of sp³-hybridized carbons (Fsp3) is 0.286. The van der Waals surface area contributed by atoms with Gasteiger partial charge in [-0.05, 0) is 56.7 Å². The Hall–Kier alpha value is -2.29. The number of urea groups is 1. The number of halogens is 3. The first-order chi connectivity index (χ1) is 14.6. The van der Waals surface area contributed by atoms with Gasteiger partial charge in [-0.25, -0.2) is 9.18 Å². The minimum absolute atomic E-state index is 0.144. The smallest absolute Gasteiger partial charge is 0.315 e. The Morgan fingerprint density at radius 2 is 1.84 bits per heavy atom. The number of nitrogens with zero attached hydrogens (tertiary/aromatic N) is 3. The van der Waals surface area contributed by atoms with Gasteiger partial charge in [0.1, 0.15) is 5.82 Å². The largest absolute Gasteiger partial charge is 0.334 e. The zero-order chi connectivity index (χ0) is 22.6. The van der Waals surface area contributed by atoms with Gasteiger partial charge in [0.2, 0.25) is 0 Å². The number of nitrogens with one attached hydrogen (secondary N) is 2. The van der Waals surface area contributed by atoms with E-state index < -0.39 is 0 Å². The summed E-state index contributed by atoms with van der Waals surface area (Å²) < 4.78 is 15.0. The quantitative estimate of drug-likeness (QED) is 0.449. The molecule has 164 valence electrons. The average Bonchev–Trinajstić information content (AvgIpc) is 3.07. The zero-order valence-electron chi connectivity index (χ0n) is 17.2. The van der Waals surface area contributed by atoms with Crippen LogP contribution < -0.4 is 10.6 Å². The van der Waals surface area contributed by atoms with E-state index in [-0.39, 0.29) is 23.9 Å². The molecule has 6 nitrogen and oxygen atoms in total. The molecule has 0 radical (unpaired) electrons. The van der Waals surface area contributed by atoms with Crippen molar-refractivity contribution in [2.75, 3.05) is 0 Å². The third kappa shape index (κ3) is 6.59. The normalized spacial score (nSPS) is 11.4. The summed E-state index contributed by atoms with van der Waals surface area (Å²) in [7, 11) is 0. The highest BCUT2D eigenvalue weighted by molar-refractivity contribution is 7.98. The molecule has 0 unspecified atom stereocenters. The fourth-order valence-electron chi connectivity index (χ4n) is 2.69. The molecule has 2 amide bonds. The van der Waals surface area contributed by atoms with Crippen LogP contribution in [0.15, 0.2) is 47.6 Å². The Labute approximate surface area is 194 Å². The van der Waals surface area contributed by atoms with Crippen LogP contribution >= 0.6 is 35.0 Å². The predicted molar refractivity (Wildman–Crippen MR) is 122 cm³/mol. The summed E-state index contributed by atoms with van der Waals surface area (Å²) in [6.45, 7) is 5.83. The molecule has 0 aliphatic rings. The van der Waals surface area contributed by atoms with Crippen LogP contribution in [0.4, 0.5) is 9.18 Å². The van der Waals surface area contributed by atoms with Gasteiger partial charge in [-0.15, -0.1) is 10.2 Å². The lowest BCUT2D eigenvalue weighted by Gasteiger charge is -2.20. The van der Waals surface area contributed by atoms with E-state index in [0.717, 1.165) is 5.56 Å². The van der Waals surface area contributed by atoms with Crippen molar-refractivity contribution < 1.29 is 9.18 Å². The van der Waals surface area contributed by atoms with Crippen LogP contribution in [0.25, 0.3) is 5.69 Å². The van der Waals surface area contributed by atoms with E-state index in [9.17, 15) is 9.18 Å². The maximum atomic E-state index is 13.2. The molecule has 3 aromatic rings. The van der Waals surface area contributed by atoms with E-state index in [1.807, 2.05) is 20.8 Å². The summed E-state index contributed by atoms with van der Waals surface area (Å²) in [6.07, 6.45) is 0. The summed E-state index contributed by atoms with van der Waals surface area (Å²) in [5.74, 6) is 0.781. The van der Waals surface area contributed by atoms with Crippen LogP contribution in [0.1, 0.15) is 32.2 Å². The van der Waals surface area contributed by atoms with Crippen LogP contribution in [0, 0.1) is 5.82 Å². The first kappa shape index (κ1) is 23.4. The maximum absolute atomic E-state index is 13.2. The second-order valence-corrected chi connectivity index (χ2v) is 9.59. The SMILES string of the molecule is CC(C)(C)NC(=O)NCc1nnc(SCc2ccc(F)cc2)n1-c1ccc(Cl)cc1Cl. The van der Waals surface area contributed by atoms with Gasteiger partial charge < -0.3 is 10.6 Å². The minimum atomic E-state index is -0.368. The number of carbonyl (C=O) groups is 1. The highest BCUT2D eigenvalue weighted by Gasteiger charge is 2.19. The molecule has 0 saturated heterocycles. The van der Waals surface area contributed by atoms with Gasteiger partial charge in [0, 0.05) is 16.3 Å². The Kier molecular flexibility index (Phi) is 7.46. The van der Waals surface area contributed by atoms with Gasteiger partial charge in [0.15, 0.2) is 11.0 Å². The maximum Gasteiger partial charge on any atom is 0.315 e. The lowest BCUT2D eigenvalue weighted by atomic mass is 10.1. The summed E-state index contributed by atoms with van der Waals surface area (Å²) in [4.78, 5) is 12.2. The molecule has 31 heavy (non-hydrogen) atoms. The zero-order valence-corrected chi connectivity index (χ0v) is 19.6. The van der Waals surface area contributed by atoms with Crippen molar-refractivity contribution in [3.05, 3.63) is 69.7 Å². The van der Waals surface area contributed by atoms with Gasteiger partial charge in [-0.2, -0.15) is 0 Å². The third-order valence-corrected chi connectivity index (χ3v) is 5.57. The number of benzene rings is 2. The second kappa shape index (κ2) is 9.89. The van der Waals surface area contributed by atoms with Crippen molar-refractivity contribution in [3.8, 4) is 5.69 Å². The molecule has 0 atom stereocenters. The molecule has 3 rings (SSSR count). The first-order valence-electron chi connectivity index (χ1n) is 9.45. The fourth-order valence-corrected chi connectivity index (χ4v) is 4.10. The molecule has 0 saturated carbocycles. The molecule has 1 heterocycles. The molecular weight excluding hydrogens is 460 g/mol. The molecule has 1 aromatic heterocycles. The van der Waals surface area contributed by atoms with Crippen molar-refractivity contribution in [1.29, 1.82) is 0 Å². The lowest BCUT2D eigenvalue weighted by molar-refractivity contribution is 0.231. The number of thioether (sulfide) groups is 1. The number of carbonyl (C=O) groups excluding carboxylic acids is 1. The summed E-state index contributed by atoms with van der Waals surface area (Å²) in [5.41, 5.74) is 1.21. The number of hydrogen-bond acceptors (Lipinski definition) is 4. The van der Waals surface area contributed by atoms with E-state index in [4.69, 9.17) is 23.2 Å². The number of rotatable bonds is 6. The van der Waals surface area contributed by atoms with Gasteiger partial charge in [-0.3, -0.25) is 4.57 Å². The second-order valence-electron chi connectivity index (χ2n) is 7.80. The van der Waals surface area contributed by atoms with Crippen molar-refractivity contribution in [2.24, 2.45) is 0 Å². The standard InChI is InChI=1S/C21H22Cl2FN5OS/c1-21(2,3)26-19(30)25-11-18-27-28-20(31-12-13-4-7-15(24)8-5-13)29(18)17-9-6-14(22)10-16(17)23/h4-10H,11-12H2,1-3H3,(H2,25,26,30). The molecular formula is C21H22Cl2FN5OS. The lowest BCUT2D eigenvalue weighted by Crippen LogP contribution is -2.46. The Morgan fingerprint density at radius 3 is 2.48 bits per heavy atom. The van der Waals surface area contributed by atoms with Gasteiger partial charge in [0.05, 0.1) is 17.3 Å². The van der Waals surface area contributed by atoms with Crippen LogP contribution in [0.2, 0.25) is 10.0 Å². The van der Waals surface area contributed by atoms with E-state index >= 15 is 0 Å². The van der Waals surface area contributed by atoms with Crippen LogP contribution in [-0.2, 0) is 12.3 Å². The Bertz CT molecular complexity index is 1070.